The van der Waals surface area contributed by atoms with Gasteiger partial charge < -0.3 is 15.7 Å². The van der Waals surface area contributed by atoms with Crippen molar-refractivity contribution in [2.45, 2.75) is 6.54 Å². The largest absolute Gasteiger partial charge is 0.505 e. The van der Waals surface area contributed by atoms with E-state index >= 15 is 0 Å². The Morgan fingerprint density at radius 1 is 1.10 bits per heavy atom. The van der Waals surface area contributed by atoms with Gasteiger partial charge in [0.1, 0.15) is 0 Å². The van der Waals surface area contributed by atoms with E-state index in [1.165, 1.54) is 0 Å². The Bertz CT molecular complexity index is 597. The van der Waals surface area contributed by atoms with Crippen LogP contribution in [0.25, 0.3) is 0 Å². The standard InChI is InChI=1S/C14H12Cl2N2OS/c15-11-6-10(7-12(16)13(11)19)18-14(20)17-8-9-4-2-1-3-5-9/h1-7,19H,8H2,(H2,17,18,20). The number of hydrogen-bond donors (Lipinski definition) is 3. The van der Waals surface area contributed by atoms with Gasteiger partial charge in [-0.2, -0.15) is 0 Å². The van der Waals surface area contributed by atoms with Crippen molar-refractivity contribution in [2.75, 3.05) is 5.32 Å². The molecule has 0 fully saturated rings. The molecule has 0 unspecified atom stereocenters. The molecule has 0 amide bonds. The van der Waals surface area contributed by atoms with Gasteiger partial charge in [0.25, 0.3) is 0 Å². The lowest BCUT2D eigenvalue weighted by atomic mass is 10.2. The quantitative estimate of drug-likeness (QED) is 0.584. The molecule has 0 spiro atoms. The zero-order valence-electron chi connectivity index (χ0n) is 10.4. The van der Waals surface area contributed by atoms with Crippen LogP contribution in [0.5, 0.6) is 5.75 Å². The number of nitrogens with one attached hydrogen (secondary N) is 2. The van der Waals surface area contributed by atoms with Crippen molar-refractivity contribution in [3.05, 3.63) is 58.1 Å². The summed E-state index contributed by atoms with van der Waals surface area (Å²) in [6.07, 6.45) is 0. The molecule has 2 aromatic rings. The number of halogens is 2. The van der Waals surface area contributed by atoms with Crippen LogP contribution < -0.4 is 10.6 Å². The summed E-state index contributed by atoms with van der Waals surface area (Å²) in [4.78, 5) is 0. The molecule has 20 heavy (non-hydrogen) atoms. The molecule has 0 aliphatic heterocycles. The minimum absolute atomic E-state index is 0.137. The molecule has 3 N–H and O–H groups in total. The molecule has 0 aromatic heterocycles. The second kappa shape index (κ2) is 6.79. The summed E-state index contributed by atoms with van der Waals surface area (Å²) in [6.45, 7) is 0.617. The Morgan fingerprint density at radius 2 is 1.70 bits per heavy atom. The lowest BCUT2D eigenvalue weighted by molar-refractivity contribution is 0.476. The van der Waals surface area contributed by atoms with E-state index in [9.17, 15) is 5.11 Å². The van der Waals surface area contributed by atoms with E-state index in [4.69, 9.17) is 35.4 Å². The third-order valence-electron chi connectivity index (χ3n) is 2.57. The molecule has 0 bridgehead atoms. The SMILES string of the molecule is Oc1c(Cl)cc(NC(=S)NCc2ccccc2)cc1Cl. The van der Waals surface area contributed by atoms with Gasteiger partial charge in [0.15, 0.2) is 10.9 Å². The fraction of sp³-hybridized carbons (Fsp3) is 0.0714. The number of rotatable bonds is 3. The molecule has 2 rings (SSSR count). The third kappa shape index (κ3) is 4.00. The summed E-state index contributed by atoms with van der Waals surface area (Å²) in [5.41, 5.74) is 1.74. The van der Waals surface area contributed by atoms with Crippen molar-refractivity contribution < 1.29 is 5.11 Å². The molecule has 6 heteroatoms. The van der Waals surface area contributed by atoms with Gasteiger partial charge in [0, 0.05) is 12.2 Å². The maximum atomic E-state index is 9.48. The summed E-state index contributed by atoms with van der Waals surface area (Å²) in [5.74, 6) is -0.137. The van der Waals surface area contributed by atoms with Gasteiger partial charge in [-0.3, -0.25) is 0 Å². The van der Waals surface area contributed by atoms with Gasteiger partial charge in [-0.05, 0) is 29.9 Å². The van der Waals surface area contributed by atoms with Gasteiger partial charge in [-0.25, -0.2) is 0 Å². The minimum Gasteiger partial charge on any atom is -0.505 e. The molecule has 0 radical (unpaired) electrons. The molecular formula is C14H12Cl2N2OS. The average Bonchev–Trinajstić information content (AvgIpc) is 2.43. The first-order valence-electron chi connectivity index (χ1n) is 5.83. The van der Waals surface area contributed by atoms with Crippen molar-refractivity contribution in [3.8, 4) is 5.75 Å². The molecular weight excluding hydrogens is 315 g/mol. The molecule has 0 saturated heterocycles. The number of phenols is 1. The topological polar surface area (TPSA) is 44.3 Å². The maximum absolute atomic E-state index is 9.48. The molecule has 3 nitrogen and oxygen atoms in total. The number of phenolic OH excluding ortho intramolecular Hbond substituents is 1. The Hall–Kier alpha value is -1.49. The predicted molar refractivity (Wildman–Crippen MR) is 87.6 cm³/mol. The first kappa shape index (κ1) is 14.9. The molecule has 0 atom stereocenters. The molecule has 0 aliphatic carbocycles. The van der Waals surface area contributed by atoms with Crippen LogP contribution >= 0.6 is 35.4 Å². The first-order valence-corrected chi connectivity index (χ1v) is 6.99. The van der Waals surface area contributed by atoms with Gasteiger partial charge in [-0.1, -0.05) is 53.5 Å². The molecule has 0 aliphatic rings. The van der Waals surface area contributed by atoms with Gasteiger partial charge in [-0.15, -0.1) is 0 Å². The molecule has 104 valence electrons. The number of aromatic hydroxyl groups is 1. The smallest absolute Gasteiger partial charge is 0.171 e. The second-order valence-corrected chi connectivity index (χ2v) is 5.30. The zero-order chi connectivity index (χ0) is 14.5. The number of anilines is 1. The second-order valence-electron chi connectivity index (χ2n) is 4.08. The number of thiocarbonyl (C=S) groups is 1. The third-order valence-corrected chi connectivity index (χ3v) is 3.39. The van der Waals surface area contributed by atoms with Crippen molar-refractivity contribution in [2.24, 2.45) is 0 Å². The van der Waals surface area contributed by atoms with Crippen LogP contribution in [-0.2, 0) is 6.54 Å². The van der Waals surface area contributed by atoms with E-state index in [1.54, 1.807) is 12.1 Å². The van der Waals surface area contributed by atoms with Crippen molar-refractivity contribution in [1.82, 2.24) is 5.32 Å². The average molecular weight is 327 g/mol. The monoisotopic (exact) mass is 326 g/mol. The predicted octanol–water partition coefficient (Wildman–Crippen LogP) is 4.19. The van der Waals surface area contributed by atoms with Crippen molar-refractivity contribution >= 4 is 46.2 Å². The van der Waals surface area contributed by atoms with Crippen LogP contribution in [-0.4, -0.2) is 10.2 Å². The van der Waals surface area contributed by atoms with Crippen molar-refractivity contribution in [1.29, 1.82) is 0 Å². The maximum Gasteiger partial charge on any atom is 0.171 e. The van der Waals surface area contributed by atoms with Crippen molar-refractivity contribution in [3.63, 3.8) is 0 Å². The lowest BCUT2D eigenvalue weighted by Gasteiger charge is -2.12. The van der Waals surface area contributed by atoms with E-state index in [-0.39, 0.29) is 15.8 Å². The Morgan fingerprint density at radius 3 is 2.30 bits per heavy atom. The Balaban J connectivity index is 1.95. The van der Waals surface area contributed by atoms with Gasteiger partial charge in [0.05, 0.1) is 10.0 Å². The van der Waals surface area contributed by atoms with Crippen LogP contribution in [0.15, 0.2) is 42.5 Å². The van der Waals surface area contributed by atoms with Crippen LogP contribution in [0.4, 0.5) is 5.69 Å². The van der Waals surface area contributed by atoms with E-state index in [2.05, 4.69) is 10.6 Å². The van der Waals surface area contributed by atoms with Crippen LogP contribution in [0.2, 0.25) is 10.0 Å². The first-order chi connectivity index (χ1) is 9.56. The summed E-state index contributed by atoms with van der Waals surface area (Å²) in [6, 6.07) is 13.0. The number of benzene rings is 2. The summed E-state index contributed by atoms with van der Waals surface area (Å²) in [5, 5.41) is 16.3. The van der Waals surface area contributed by atoms with E-state index < -0.39 is 0 Å². The fourth-order valence-electron chi connectivity index (χ4n) is 1.59. The van der Waals surface area contributed by atoms with E-state index in [1.807, 2.05) is 30.3 Å². The highest BCUT2D eigenvalue weighted by Gasteiger charge is 2.07. The summed E-state index contributed by atoms with van der Waals surface area (Å²) >= 11 is 16.9. The van der Waals surface area contributed by atoms with E-state index in [0.717, 1.165) is 5.56 Å². The van der Waals surface area contributed by atoms with Crippen LogP contribution in [0, 0.1) is 0 Å². The Kier molecular flexibility index (Phi) is 5.06. The Labute approximate surface area is 132 Å². The highest BCUT2D eigenvalue weighted by Crippen LogP contribution is 2.34. The highest BCUT2D eigenvalue weighted by molar-refractivity contribution is 7.80. The number of hydrogen-bond acceptors (Lipinski definition) is 2. The molecule has 2 aromatic carbocycles. The normalized spacial score (nSPS) is 10.1. The van der Waals surface area contributed by atoms with Gasteiger partial charge in [0.2, 0.25) is 0 Å². The molecule has 0 saturated carbocycles. The van der Waals surface area contributed by atoms with Crippen LogP contribution in [0.1, 0.15) is 5.56 Å². The summed E-state index contributed by atoms with van der Waals surface area (Å²) in [7, 11) is 0. The van der Waals surface area contributed by atoms with E-state index in [0.29, 0.717) is 17.3 Å². The van der Waals surface area contributed by atoms with Gasteiger partial charge >= 0.3 is 0 Å². The summed E-state index contributed by atoms with van der Waals surface area (Å²) < 4.78 is 0. The lowest BCUT2D eigenvalue weighted by Crippen LogP contribution is -2.27. The van der Waals surface area contributed by atoms with Crippen LogP contribution in [0.3, 0.4) is 0 Å². The molecule has 0 heterocycles. The zero-order valence-corrected chi connectivity index (χ0v) is 12.7. The minimum atomic E-state index is -0.137. The highest BCUT2D eigenvalue weighted by atomic mass is 35.5. The fourth-order valence-corrected chi connectivity index (χ4v) is 2.27.